The van der Waals surface area contributed by atoms with Crippen molar-refractivity contribution in [3.05, 3.63) is 59.5 Å². The van der Waals surface area contributed by atoms with Gasteiger partial charge < -0.3 is 14.2 Å². The molecule has 1 aromatic heterocycles. The second-order valence-electron chi connectivity index (χ2n) is 6.23. The van der Waals surface area contributed by atoms with Crippen LogP contribution in [0, 0.1) is 6.92 Å². The Kier molecular flexibility index (Phi) is 4.70. The van der Waals surface area contributed by atoms with Crippen LogP contribution in [0.1, 0.15) is 28.6 Å². The molecule has 6 heteroatoms. The van der Waals surface area contributed by atoms with Gasteiger partial charge in [-0.2, -0.15) is 0 Å². The molecule has 0 radical (unpaired) electrons. The van der Waals surface area contributed by atoms with Gasteiger partial charge in [-0.15, -0.1) is 0 Å². The molecule has 2 amide bonds. The average Bonchev–Trinajstić information content (AvgIpc) is 3.12. The lowest BCUT2D eigenvalue weighted by molar-refractivity contribution is -0.148. The maximum absolute atomic E-state index is 12.6. The number of amides is 2. The molecule has 0 aliphatic carbocycles. The third-order valence-electron chi connectivity index (χ3n) is 4.40. The lowest BCUT2D eigenvalue weighted by atomic mass is 10.1. The third kappa shape index (κ3) is 3.47. The molecule has 1 atom stereocenters. The Bertz CT molecular complexity index is 798. The van der Waals surface area contributed by atoms with Crippen molar-refractivity contribution in [2.45, 2.75) is 26.4 Å². The normalized spacial score (nSPS) is 17.7. The molecule has 0 N–H and O–H groups in total. The van der Waals surface area contributed by atoms with Crippen molar-refractivity contribution in [2.24, 2.45) is 0 Å². The van der Waals surface area contributed by atoms with Crippen LogP contribution < -0.4 is 0 Å². The van der Waals surface area contributed by atoms with Gasteiger partial charge >= 0.3 is 0 Å². The fourth-order valence-corrected chi connectivity index (χ4v) is 3.04. The van der Waals surface area contributed by atoms with E-state index >= 15 is 0 Å². The first-order valence-electron chi connectivity index (χ1n) is 8.20. The van der Waals surface area contributed by atoms with Crippen LogP contribution in [0.25, 0.3) is 0 Å². The van der Waals surface area contributed by atoms with Gasteiger partial charge in [-0.3, -0.25) is 14.4 Å². The molecule has 1 aliphatic rings. The number of piperazine rings is 1. The molecular formula is C19H20N2O4. The molecule has 1 fully saturated rings. The highest BCUT2D eigenvalue weighted by Gasteiger charge is 2.37. The number of hydrogen-bond donors (Lipinski definition) is 0. The number of nitrogens with zero attached hydrogens (tertiary/aromatic N) is 2. The fourth-order valence-electron chi connectivity index (χ4n) is 3.04. The predicted molar refractivity (Wildman–Crippen MR) is 90.8 cm³/mol. The van der Waals surface area contributed by atoms with Crippen molar-refractivity contribution in [3.63, 3.8) is 0 Å². The van der Waals surface area contributed by atoms with E-state index in [0.29, 0.717) is 19.6 Å². The Morgan fingerprint density at radius 2 is 2.00 bits per heavy atom. The molecule has 1 saturated heterocycles. The molecule has 2 aromatic rings. The number of aryl methyl sites for hydroxylation is 1. The number of hydrogen-bond acceptors (Lipinski definition) is 4. The van der Waals surface area contributed by atoms with Gasteiger partial charge in [0.15, 0.2) is 5.76 Å². The van der Waals surface area contributed by atoms with E-state index < -0.39 is 17.7 Å². The lowest BCUT2D eigenvalue weighted by Crippen LogP contribution is -2.58. The highest BCUT2D eigenvalue weighted by atomic mass is 16.3. The number of ketones is 1. The van der Waals surface area contributed by atoms with Gasteiger partial charge in [0.25, 0.3) is 11.7 Å². The van der Waals surface area contributed by atoms with Gasteiger partial charge in [-0.05, 0) is 31.5 Å². The van der Waals surface area contributed by atoms with Crippen molar-refractivity contribution in [2.75, 3.05) is 13.1 Å². The smallest absolute Gasteiger partial charge is 0.299 e. The second-order valence-corrected chi connectivity index (χ2v) is 6.23. The van der Waals surface area contributed by atoms with Crippen LogP contribution in [0.3, 0.4) is 0 Å². The molecular weight excluding hydrogens is 320 g/mol. The van der Waals surface area contributed by atoms with E-state index in [1.165, 1.54) is 17.2 Å². The van der Waals surface area contributed by atoms with E-state index in [4.69, 9.17) is 4.42 Å². The summed E-state index contributed by atoms with van der Waals surface area (Å²) in [6, 6.07) is 10.3. The van der Waals surface area contributed by atoms with Crippen LogP contribution >= 0.6 is 0 Å². The van der Waals surface area contributed by atoms with Crippen molar-refractivity contribution in [1.82, 2.24) is 9.80 Å². The Labute approximate surface area is 146 Å². The van der Waals surface area contributed by atoms with E-state index in [2.05, 4.69) is 0 Å². The van der Waals surface area contributed by atoms with Crippen LogP contribution in [0.5, 0.6) is 0 Å². The average molecular weight is 340 g/mol. The van der Waals surface area contributed by atoms with Gasteiger partial charge in [0.2, 0.25) is 5.91 Å². The highest BCUT2D eigenvalue weighted by Crippen LogP contribution is 2.17. The monoisotopic (exact) mass is 340 g/mol. The third-order valence-corrected chi connectivity index (χ3v) is 4.40. The topological polar surface area (TPSA) is 70.8 Å². The Morgan fingerprint density at radius 1 is 1.20 bits per heavy atom. The summed E-state index contributed by atoms with van der Waals surface area (Å²) in [7, 11) is 0. The van der Waals surface area contributed by atoms with Gasteiger partial charge in [0.1, 0.15) is 6.04 Å². The summed E-state index contributed by atoms with van der Waals surface area (Å²) >= 11 is 0. The zero-order valence-corrected chi connectivity index (χ0v) is 14.3. The number of benzene rings is 1. The number of rotatable bonds is 4. The maximum Gasteiger partial charge on any atom is 0.299 e. The van der Waals surface area contributed by atoms with Gasteiger partial charge in [-0.25, -0.2) is 0 Å². The summed E-state index contributed by atoms with van der Waals surface area (Å²) in [4.78, 5) is 40.2. The summed E-state index contributed by atoms with van der Waals surface area (Å²) < 4.78 is 4.99. The molecule has 25 heavy (non-hydrogen) atoms. The number of Topliss-reactive ketones (excluding diaryl/α,β-unsaturated/α-hetero) is 1. The molecule has 6 nitrogen and oxygen atoms in total. The summed E-state index contributed by atoms with van der Waals surface area (Å²) in [6.07, 6.45) is 1.34. The predicted octanol–water partition coefficient (Wildman–Crippen LogP) is 2.03. The van der Waals surface area contributed by atoms with Crippen LogP contribution in [-0.2, 0) is 16.1 Å². The van der Waals surface area contributed by atoms with Crippen LogP contribution in [0.2, 0.25) is 0 Å². The maximum atomic E-state index is 12.6. The Hall–Kier alpha value is -2.89. The van der Waals surface area contributed by atoms with E-state index in [-0.39, 0.29) is 11.7 Å². The summed E-state index contributed by atoms with van der Waals surface area (Å²) in [6.45, 7) is 4.88. The second kappa shape index (κ2) is 6.93. The highest BCUT2D eigenvalue weighted by molar-refractivity contribution is 6.42. The van der Waals surface area contributed by atoms with Crippen LogP contribution in [0.4, 0.5) is 0 Å². The van der Waals surface area contributed by atoms with Crippen molar-refractivity contribution >= 4 is 17.6 Å². The molecule has 1 unspecified atom stereocenters. The Balaban J connectivity index is 1.69. The summed E-state index contributed by atoms with van der Waals surface area (Å²) in [5.74, 6) is -1.59. The first-order chi connectivity index (χ1) is 12.0. The number of carbonyl (C=O) groups excluding carboxylic acids is 3. The zero-order valence-electron chi connectivity index (χ0n) is 14.3. The minimum absolute atomic E-state index is 0.00756. The van der Waals surface area contributed by atoms with E-state index in [0.717, 1.165) is 11.1 Å². The molecule has 1 aliphatic heterocycles. The molecule has 3 rings (SSSR count). The Morgan fingerprint density at radius 3 is 2.68 bits per heavy atom. The molecule has 2 heterocycles. The largest absolute Gasteiger partial charge is 0.461 e. The van der Waals surface area contributed by atoms with Gasteiger partial charge in [0.05, 0.1) is 6.26 Å². The minimum Gasteiger partial charge on any atom is -0.461 e. The standard InChI is InChI=1S/C19H20N2O4/c1-13-5-3-6-15(11-13)12-20-8-9-21(14(2)18(20)23)19(24)17(22)16-7-4-10-25-16/h3-7,10-11,14H,8-9,12H2,1-2H3. The molecule has 0 saturated carbocycles. The molecule has 0 spiro atoms. The molecule has 130 valence electrons. The van der Waals surface area contributed by atoms with Crippen LogP contribution in [0.15, 0.2) is 47.1 Å². The van der Waals surface area contributed by atoms with Crippen LogP contribution in [-0.4, -0.2) is 46.5 Å². The molecule has 0 bridgehead atoms. The number of furan rings is 1. The quantitative estimate of drug-likeness (QED) is 0.631. The van der Waals surface area contributed by atoms with Gasteiger partial charge in [0, 0.05) is 19.6 Å². The van der Waals surface area contributed by atoms with E-state index in [9.17, 15) is 14.4 Å². The SMILES string of the molecule is Cc1cccc(CN2CCN(C(=O)C(=O)c3ccco3)C(C)C2=O)c1. The first-order valence-corrected chi connectivity index (χ1v) is 8.20. The van der Waals surface area contributed by atoms with Crippen molar-refractivity contribution in [1.29, 1.82) is 0 Å². The van der Waals surface area contributed by atoms with E-state index in [1.54, 1.807) is 17.9 Å². The molecule has 1 aromatic carbocycles. The zero-order chi connectivity index (χ0) is 18.0. The lowest BCUT2D eigenvalue weighted by Gasteiger charge is -2.38. The van der Waals surface area contributed by atoms with E-state index in [1.807, 2.05) is 31.2 Å². The van der Waals surface area contributed by atoms with Crippen molar-refractivity contribution in [3.8, 4) is 0 Å². The number of carbonyl (C=O) groups is 3. The summed E-state index contributed by atoms with van der Waals surface area (Å²) in [5, 5.41) is 0. The van der Waals surface area contributed by atoms with Gasteiger partial charge in [-0.1, -0.05) is 29.8 Å². The van der Waals surface area contributed by atoms with Crippen molar-refractivity contribution < 1.29 is 18.8 Å². The fraction of sp³-hybridized carbons (Fsp3) is 0.316. The summed E-state index contributed by atoms with van der Waals surface area (Å²) in [5.41, 5.74) is 2.18. The first kappa shape index (κ1) is 17.0. The minimum atomic E-state index is -0.725.